The first-order valence-corrected chi connectivity index (χ1v) is 6.09. The Balaban J connectivity index is 1.83. The molecule has 0 amide bonds. The summed E-state index contributed by atoms with van der Waals surface area (Å²) >= 11 is 0. The van der Waals surface area contributed by atoms with Crippen LogP contribution < -0.4 is 5.73 Å². The molecule has 2 N–H and O–H groups in total. The molecule has 3 rings (SSSR count). The lowest BCUT2D eigenvalue weighted by Crippen LogP contribution is -2.11. The minimum atomic E-state index is 0.0505. The fourth-order valence-corrected chi connectivity index (χ4v) is 2.49. The summed E-state index contributed by atoms with van der Waals surface area (Å²) in [5.41, 5.74) is 8.50. The lowest BCUT2D eigenvalue weighted by atomic mass is 10.1. The molecule has 0 bridgehead atoms. The topological polar surface area (TPSA) is 43.8 Å². The molecule has 0 radical (unpaired) electrons. The number of aromatic nitrogens is 2. The SMILES string of the molecule is C[C@@H](N)c1cncn1C1CC1c1ccccc1. The Bertz CT molecular complexity index is 501. The molecule has 3 heteroatoms. The van der Waals surface area contributed by atoms with Gasteiger partial charge in [0.1, 0.15) is 0 Å². The molecule has 1 heterocycles. The molecule has 1 saturated carbocycles. The molecular weight excluding hydrogens is 210 g/mol. The van der Waals surface area contributed by atoms with Crippen molar-refractivity contribution in [2.45, 2.75) is 31.3 Å². The lowest BCUT2D eigenvalue weighted by molar-refractivity contribution is 0.632. The second-order valence-corrected chi connectivity index (χ2v) is 4.83. The smallest absolute Gasteiger partial charge is 0.0951 e. The van der Waals surface area contributed by atoms with Crippen LogP contribution in [0.4, 0.5) is 0 Å². The van der Waals surface area contributed by atoms with Gasteiger partial charge in [0.25, 0.3) is 0 Å². The van der Waals surface area contributed by atoms with Crippen molar-refractivity contribution in [1.29, 1.82) is 0 Å². The quantitative estimate of drug-likeness (QED) is 0.876. The van der Waals surface area contributed by atoms with E-state index < -0.39 is 0 Å². The van der Waals surface area contributed by atoms with Crippen LogP contribution in [-0.2, 0) is 0 Å². The molecule has 2 unspecified atom stereocenters. The zero-order valence-corrected chi connectivity index (χ0v) is 9.95. The van der Waals surface area contributed by atoms with Crippen molar-refractivity contribution in [3.63, 3.8) is 0 Å². The summed E-state index contributed by atoms with van der Waals surface area (Å²) in [7, 11) is 0. The Morgan fingerprint density at radius 1 is 1.35 bits per heavy atom. The van der Waals surface area contributed by atoms with Gasteiger partial charge in [-0.3, -0.25) is 0 Å². The number of benzene rings is 1. The Morgan fingerprint density at radius 3 is 2.82 bits per heavy atom. The number of imidazole rings is 1. The van der Waals surface area contributed by atoms with E-state index in [2.05, 4.69) is 39.9 Å². The third-order valence-electron chi connectivity index (χ3n) is 3.50. The van der Waals surface area contributed by atoms with Crippen molar-refractivity contribution in [3.05, 3.63) is 54.1 Å². The van der Waals surface area contributed by atoms with Gasteiger partial charge in [0, 0.05) is 24.2 Å². The second-order valence-electron chi connectivity index (χ2n) is 4.83. The highest BCUT2D eigenvalue weighted by molar-refractivity contribution is 5.28. The highest BCUT2D eigenvalue weighted by atomic mass is 15.1. The molecule has 2 aromatic rings. The molecular formula is C14H17N3. The monoisotopic (exact) mass is 227 g/mol. The van der Waals surface area contributed by atoms with Crippen molar-refractivity contribution in [1.82, 2.24) is 9.55 Å². The molecule has 0 spiro atoms. The highest BCUT2D eigenvalue weighted by Crippen LogP contribution is 2.51. The van der Waals surface area contributed by atoms with E-state index in [0.717, 1.165) is 5.69 Å². The first-order valence-electron chi connectivity index (χ1n) is 6.09. The molecule has 88 valence electrons. The summed E-state index contributed by atoms with van der Waals surface area (Å²) in [4.78, 5) is 4.22. The molecule has 1 aliphatic carbocycles. The lowest BCUT2D eigenvalue weighted by Gasteiger charge is -2.10. The van der Waals surface area contributed by atoms with E-state index in [1.165, 1.54) is 12.0 Å². The zero-order chi connectivity index (χ0) is 11.8. The Kier molecular flexibility index (Phi) is 2.48. The summed E-state index contributed by atoms with van der Waals surface area (Å²) in [6.45, 7) is 2.01. The summed E-state index contributed by atoms with van der Waals surface area (Å²) in [5.74, 6) is 0.628. The number of nitrogens with two attached hydrogens (primary N) is 1. The summed E-state index contributed by atoms with van der Waals surface area (Å²) in [6, 6.07) is 11.3. The Morgan fingerprint density at radius 2 is 2.12 bits per heavy atom. The maximum absolute atomic E-state index is 5.95. The average molecular weight is 227 g/mol. The van der Waals surface area contributed by atoms with E-state index in [9.17, 15) is 0 Å². The van der Waals surface area contributed by atoms with Crippen LogP contribution in [-0.4, -0.2) is 9.55 Å². The van der Waals surface area contributed by atoms with Crippen molar-refractivity contribution in [3.8, 4) is 0 Å². The van der Waals surface area contributed by atoms with Gasteiger partial charge in [0.15, 0.2) is 0 Å². The number of hydrogen-bond acceptors (Lipinski definition) is 2. The van der Waals surface area contributed by atoms with E-state index in [1.54, 1.807) is 0 Å². The van der Waals surface area contributed by atoms with Gasteiger partial charge in [0.2, 0.25) is 0 Å². The van der Waals surface area contributed by atoms with E-state index in [4.69, 9.17) is 5.73 Å². The van der Waals surface area contributed by atoms with Crippen LogP contribution in [0.25, 0.3) is 0 Å². The molecule has 17 heavy (non-hydrogen) atoms. The first kappa shape index (κ1) is 10.5. The maximum atomic E-state index is 5.95. The number of hydrogen-bond donors (Lipinski definition) is 1. The maximum Gasteiger partial charge on any atom is 0.0951 e. The van der Waals surface area contributed by atoms with Gasteiger partial charge in [-0.05, 0) is 18.9 Å². The predicted molar refractivity (Wildman–Crippen MR) is 67.7 cm³/mol. The average Bonchev–Trinajstić information content (AvgIpc) is 2.99. The molecule has 1 fully saturated rings. The van der Waals surface area contributed by atoms with Gasteiger partial charge in [-0.15, -0.1) is 0 Å². The summed E-state index contributed by atoms with van der Waals surface area (Å²) in [6.07, 6.45) is 4.98. The van der Waals surface area contributed by atoms with E-state index >= 15 is 0 Å². The highest BCUT2D eigenvalue weighted by Gasteiger charge is 2.40. The van der Waals surface area contributed by atoms with Gasteiger partial charge in [-0.25, -0.2) is 4.98 Å². The normalized spacial score (nSPS) is 24.6. The van der Waals surface area contributed by atoms with Crippen LogP contribution in [0, 0.1) is 0 Å². The van der Waals surface area contributed by atoms with E-state index in [0.29, 0.717) is 12.0 Å². The fourth-order valence-electron chi connectivity index (χ4n) is 2.49. The third-order valence-corrected chi connectivity index (χ3v) is 3.50. The van der Waals surface area contributed by atoms with E-state index in [-0.39, 0.29) is 6.04 Å². The van der Waals surface area contributed by atoms with Crippen molar-refractivity contribution < 1.29 is 0 Å². The van der Waals surface area contributed by atoms with Gasteiger partial charge < -0.3 is 10.3 Å². The Labute approximate surface area is 101 Å². The molecule has 0 saturated heterocycles. The zero-order valence-electron chi connectivity index (χ0n) is 9.95. The summed E-state index contributed by atoms with van der Waals surface area (Å²) < 4.78 is 2.24. The van der Waals surface area contributed by atoms with E-state index in [1.807, 2.05) is 19.4 Å². The first-order chi connectivity index (χ1) is 8.27. The van der Waals surface area contributed by atoms with Crippen LogP contribution >= 0.6 is 0 Å². The summed E-state index contributed by atoms with van der Waals surface area (Å²) in [5, 5.41) is 0. The molecule has 3 nitrogen and oxygen atoms in total. The molecule has 1 aliphatic rings. The van der Waals surface area contributed by atoms with Gasteiger partial charge in [-0.2, -0.15) is 0 Å². The Hall–Kier alpha value is -1.61. The van der Waals surface area contributed by atoms with Crippen molar-refractivity contribution in [2.24, 2.45) is 5.73 Å². The van der Waals surface area contributed by atoms with Crippen LogP contribution in [0.15, 0.2) is 42.9 Å². The van der Waals surface area contributed by atoms with Crippen molar-refractivity contribution in [2.75, 3.05) is 0 Å². The van der Waals surface area contributed by atoms with Crippen LogP contribution in [0.1, 0.15) is 42.6 Å². The largest absolute Gasteiger partial charge is 0.329 e. The minimum absolute atomic E-state index is 0.0505. The standard InChI is InChI=1S/C14H17N3/c1-10(15)14-8-16-9-17(14)13-7-12(13)11-5-3-2-4-6-11/h2-6,8-10,12-13H,7,15H2,1H3/t10-,12?,13?/m1/s1. The molecule has 1 aromatic heterocycles. The predicted octanol–water partition coefficient (Wildman–Crippen LogP) is 2.63. The van der Waals surface area contributed by atoms with Crippen LogP contribution in [0.5, 0.6) is 0 Å². The molecule has 0 aliphatic heterocycles. The number of nitrogens with zero attached hydrogens (tertiary/aromatic N) is 2. The van der Waals surface area contributed by atoms with Crippen LogP contribution in [0.2, 0.25) is 0 Å². The third kappa shape index (κ3) is 1.87. The number of rotatable bonds is 3. The molecule has 1 aromatic carbocycles. The van der Waals surface area contributed by atoms with Gasteiger partial charge in [-0.1, -0.05) is 30.3 Å². The van der Waals surface area contributed by atoms with Gasteiger partial charge in [0.05, 0.1) is 12.0 Å². The minimum Gasteiger partial charge on any atom is -0.329 e. The van der Waals surface area contributed by atoms with Crippen LogP contribution in [0.3, 0.4) is 0 Å². The fraction of sp³-hybridized carbons (Fsp3) is 0.357. The molecule has 3 atom stereocenters. The van der Waals surface area contributed by atoms with Gasteiger partial charge >= 0.3 is 0 Å². The van der Waals surface area contributed by atoms with Crippen molar-refractivity contribution >= 4 is 0 Å². The second kappa shape index (κ2) is 4.00.